The SMILES string of the molecule is O=C(Nc1nc2c(F)cccc2s1)c1cccc(Cl)c1. The van der Waals surface area contributed by atoms with Crippen molar-refractivity contribution in [3.8, 4) is 0 Å². The summed E-state index contributed by atoms with van der Waals surface area (Å²) in [5, 5.41) is 3.48. The minimum absolute atomic E-state index is 0.263. The Morgan fingerprint density at radius 1 is 1.25 bits per heavy atom. The summed E-state index contributed by atoms with van der Waals surface area (Å²) in [4.78, 5) is 16.1. The molecular weight excluding hydrogens is 299 g/mol. The maximum Gasteiger partial charge on any atom is 0.257 e. The molecule has 0 aliphatic heterocycles. The third-order valence-corrected chi connectivity index (χ3v) is 3.85. The number of carbonyl (C=O) groups is 1. The maximum absolute atomic E-state index is 13.5. The van der Waals surface area contributed by atoms with Crippen LogP contribution in [0.3, 0.4) is 0 Å². The summed E-state index contributed by atoms with van der Waals surface area (Å²) in [6.45, 7) is 0. The van der Waals surface area contributed by atoms with E-state index in [-0.39, 0.29) is 11.4 Å². The Morgan fingerprint density at radius 2 is 2.05 bits per heavy atom. The first-order valence-corrected chi connectivity index (χ1v) is 6.95. The predicted molar refractivity (Wildman–Crippen MR) is 79.0 cm³/mol. The molecule has 1 heterocycles. The van der Waals surface area contributed by atoms with Crippen molar-refractivity contribution in [3.63, 3.8) is 0 Å². The molecule has 3 aromatic rings. The molecule has 0 spiro atoms. The van der Waals surface area contributed by atoms with Crippen molar-refractivity contribution in [2.45, 2.75) is 0 Å². The second-order valence-electron chi connectivity index (χ2n) is 4.07. The van der Waals surface area contributed by atoms with Crippen molar-refractivity contribution in [1.29, 1.82) is 0 Å². The first kappa shape index (κ1) is 13.0. The Kier molecular flexibility index (Phi) is 3.38. The molecule has 3 nitrogen and oxygen atoms in total. The Balaban J connectivity index is 1.89. The lowest BCUT2D eigenvalue weighted by Gasteiger charge is -2.01. The van der Waals surface area contributed by atoms with E-state index in [1.54, 1.807) is 36.4 Å². The van der Waals surface area contributed by atoms with Gasteiger partial charge >= 0.3 is 0 Å². The van der Waals surface area contributed by atoms with Crippen LogP contribution in [0.25, 0.3) is 10.2 Å². The summed E-state index contributed by atoms with van der Waals surface area (Å²) in [6, 6.07) is 11.3. The molecule has 0 atom stereocenters. The smallest absolute Gasteiger partial charge is 0.257 e. The number of para-hydroxylation sites is 1. The Labute approximate surface area is 123 Å². The third kappa shape index (κ3) is 2.50. The van der Waals surface area contributed by atoms with Gasteiger partial charge in [-0.2, -0.15) is 0 Å². The number of rotatable bonds is 2. The molecule has 3 rings (SSSR count). The fraction of sp³-hybridized carbons (Fsp3) is 0. The normalized spacial score (nSPS) is 10.7. The molecule has 1 aromatic heterocycles. The van der Waals surface area contributed by atoms with Crippen LogP contribution < -0.4 is 5.32 Å². The fourth-order valence-electron chi connectivity index (χ4n) is 1.77. The Bertz CT molecular complexity index is 803. The zero-order valence-corrected chi connectivity index (χ0v) is 11.6. The fourth-order valence-corrected chi connectivity index (χ4v) is 2.83. The van der Waals surface area contributed by atoms with Crippen molar-refractivity contribution in [2.75, 3.05) is 5.32 Å². The molecule has 0 saturated carbocycles. The number of nitrogens with zero attached hydrogens (tertiary/aromatic N) is 1. The second-order valence-corrected chi connectivity index (χ2v) is 5.54. The van der Waals surface area contributed by atoms with Gasteiger partial charge in [-0.1, -0.05) is 35.1 Å². The molecule has 0 radical (unpaired) electrons. The lowest BCUT2D eigenvalue weighted by molar-refractivity contribution is 0.102. The zero-order chi connectivity index (χ0) is 14.1. The van der Waals surface area contributed by atoms with Gasteiger partial charge in [-0.3, -0.25) is 10.1 Å². The van der Waals surface area contributed by atoms with Gasteiger partial charge in [0.2, 0.25) is 0 Å². The lowest BCUT2D eigenvalue weighted by atomic mass is 10.2. The number of hydrogen-bond donors (Lipinski definition) is 1. The highest BCUT2D eigenvalue weighted by Gasteiger charge is 2.12. The number of benzene rings is 2. The molecule has 0 unspecified atom stereocenters. The highest BCUT2D eigenvalue weighted by atomic mass is 35.5. The van der Waals surface area contributed by atoms with E-state index < -0.39 is 5.82 Å². The molecule has 1 N–H and O–H groups in total. The van der Waals surface area contributed by atoms with Crippen molar-refractivity contribution < 1.29 is 9.18 Å². The van der Waals surface area contributed by atoms with Crippen LogP contribution in [-0.4, -0.2) is 10.9 Å². The summed E-state index contributed by atoms with van der Waals surface area (Å²) in [5.74, 6) is -0.728. The van der Waals surface area contributed by atoms with Gasteiger partial charge in [0, 0.05) is 10.6 Å². The van der Waals surface area contributed by atoms with Crippen LogP contribution in [0, 0.1) is 5.82 Å². The van der Waals surface area contributed by atoms with Crippen LogP contribution in [0.5, 0.6) is 0 Å². The number of amides is 1. The summed E-state index contributed by atoms with van der Waals surface area (Å²) >= 11 is 7.06. The Hall–Kier alpha value is -1.98. The van der Waals surface area contributed by atoms with Gasteiger partial charge in [-0.15, -0.1) is 0 Å². The number of aromatic nitrogens is 1. The number of carbonyl (C=O) groups excluding carboxylic acids is 1. The largest absolute Gasteiger partial charge is 0.298 e. The average Bonchev–Trinajstić information content (AvgIpc) is 2.83. The summed E-state index contributed by atoms with van der Waals surface area (Å²) in [5.41, 5.74) is 0.691. The molecule has 2 aromatic carbocycles. The van der Waals surface area contributed by atoms with E-state index in [0.717, 1.165) is 0 Å². The number of hydrogen-bond acceptors (Lipinski definition) is 3. The molecule has 20 heavy (non-hydrogen) atoms. The van der Waals surface area contributed by atoms with E-state index in [1.807, 2.05) is 0 Å². The lowest BCUT2D eigenvalue weighted by Crippen LogP contribution is -2.11. The zero-order valence-electron chi connectivity index (χ0n) is 10.1. The highest BCUT2D eigenvalue weighted by Crippen LogP contribution is 2.27. The number of thiazole rings is 1. The summed E-state index contributed by atoms with van der Waals surface area (Å²) < 4.78 is 14.2. The van der Waals surface area contributed by atoms with E-state index in [0.29, 0.717) is 20.4 Å². The predicted octanol–water partition coefficient (Wildman–Crippen LogP) is 4.34. The van der Waals surface area contributed by atoms with E-state index in [4.69, 9.17) is 11.6 Å². The quantitative estimate of drug-likeness (QED) is 0.765. The molecule has 1 amide bonds. The molecule has 0 saturated heterocycles. The first-order chi connectivity index (χ1) is 9.63. The van der Waals surface area contributed by atoms with Gasteiger partial charge in [0.15, 0.2) is 5.13 Å². The average molecular weight is 307 g/mol. The molecule has 0 aliphatic carbocycles. The maximum atomic E-state index is 13.5. The Morgan fingerprint density at radius 3 is 2.80 bits per heavy atom. The van der Waals surface area contributed by atoms with Crippen molar-refractivity contribution in [2.24, 2.45) is 0 Å². The summed E-state index contributed by atoms with van der Waals surface area (Å²) in [6.07, 6.45) is 0. The minimum Gasteiger partial charge on any atom is -0.298 e. The molecular formula is C14H8ClFN2OS. The van der Waals surface area contributed by atoms with Crippen molar-refractivity contribution in [1.82, 2.24) is 4.98 Å². The topological polar surface area (TPSA) is 42.0 Å². The van der Waals surface area contributed by atoms with Crippen LogP contribution in [0.2, 0.25) is 5.02 Å². The van der Waals surface area contributed by atoms with Gasteiger partial charge in [0.05, 0.1) is 4.70 Å². The number of fused-ring (bicyclic) bond motifs is 1. The number of anilines is 1. The van der Waals surface area contributed by atoms with Gasteiger partial charge < -0.3 is 0 Å². The second kappa shape index (κ2) is 5.19. The van der Waals surface area contributed by atoms with Gasteiger partial charge in [-0.05, 0) is 30.3 Å². The molecule has 0 bridgehead atoms. The molecule has 0 fully saturated rings. The van der Waals surface area contributed by atoms with E-state index >= 15 is 0 Å². The monoisotopic (exact) mass is 306 g/mol. The van der Waals surface area contributed by atoms with Crippen LogP contribution in [0.4, 0.5) is 9.52 Å². The highest BCUT2D eigenvalue weighted by molar-refractivity contribution is 7.22. The third-order valence-electron chi connectivity index (χ3n) is 2.68. The standard InChI is InChI=1S/C14H8ClFN2OS/c15-9-4-1-3-8(7-9)13(19)18-14-17-12-10(16)5-2-6-11(12)20-14/h1-7H,(H,17,18,19). The number of nitrogens with one attached hydrogen (secondary N) is 1. The molecule has 0 aliphatic rings. The van der Waals surface area contributed by atoms with Gasteiger partial charge in [0.25, 0.3) is 5.91 Å². The van der Waals surface area contributed by atoms with Gasteiger partial charge in [0.1, 0.15) is 11.3 Å². The van der Waals surface area contributed by atoms with Gasteiger partial charge in [-0.25, -0.2) is 9.37 Å². The minimum atomic E-state index is -0.401. The van der Waals surface area contributed by atoms with E-state index in [2.05, 4.69) is 10.3 Å². The van der Waals surface area contributed by atoms with Crippen LogP contribution in [0.15, 0.2) is 42.5 Å². The van der Waals surface area contributed by atoms with Crippen LogP contribution in [-0.2, 0) is 0 Å². The molecule has 100 valence electrons. The van der Waals surface area contributed by atoms with Crippen LogP contribution in [0.1, 0.15) is 10.4 Å². The number of halogens is 2. The molecule has 6 heteroatoms. The first-order valence-electron chi connectivity index (χ1n) is 5.75. The van der Waals surface area contributed by atoms with Crippen molar-refractivity contribution >= 4 is 44.2 Å². The van der Waals surface area contributed by atoms with E-state index in [1.165, 1.54) is 17.4 Å². The van der Waals surface area contributed by atoms with Crippen LogP contribution >= 0.6 is 22.9 Å². The van der Waals surface area contributed by atoms with E-state index in [9.17, 15) is 9.18 Å². The summed E-state index contributed by atoms with van der Waals surface area (Å²) in [7, 11) is 0. The van der Waals surface area contributed by atoms with Crippen molar-refractivity contribution in [3.05, 3.63) is 58.9 Å².